The molecule has 0 saturated heterocycles. The highest BCUT2D eigenvalue weighted by molar-refractivity contribution is 5.76. The second-order valence-electron chi connectivity index (χ2n) is 3.80. The molecule has 1 unspecified atom stereocenters. The van der Waals surface area contributed by atoms with Gasteiger partial charge in [0.2, 0.25) is 5.91 Å². The van der Waals surface area contributed by atoms with Crippen LogP contribution in [-0.2, 0) is 9.53 Å². The fourth-order valence-corrected chi connectivity index (χ4v) is 0.984. The predicted molar refractivity (Wildman–Crippen MR) is 57.0 cm³/mol. The Morgan fingerprint density at radius 3 is 2.57 bits per heavy atom. The van der Waals surface area contributed by atoms with Crippen LogP contribution in [0.15, 0.2) is 0 Å². The van der Waals surface area contributed by atoms with Gasteiger partial charge in [-0.2, -0.15) is 0 Å². The molecule has 14 heavy (non-hydrogen) atoms. The van der Waals surface area contributed by atoms with Crippen molar-refractivity contribution in [3.63, 3.8) is 0 Å². The maximum atomic E-state index is 11.1. The summed E-state index contributed by atoms with van der Waals surface area (Å²) in [5, 5.41) is 2.79. The number of hydrogen-bond donors (Lipinski definition) is 2. The molecule has 0 heterocycles. The van der Waals surface area contributed by atoms with Crippen molar-refractivity contribution in [2.75, 3.05) is 13.2 Å². The second kappa shape index (κ2) is 7.76. The van der Waals surface area contributed by atoms with Gasteiger partial charge in [-0.1, -0.05) is 0 Å². The number of carbonyl (C=O) groups excluding carboxylic acids is 1. The van der Waals surface area contributed by atoms with Gasteiger partial charge in [-0.15, -0.1) is 0 Å². The van der Waals surface area contributed by atoms with E-state index < -0.39 is 0 Å². The van der Waals surface area contributed by atoms with Gasteiger partial charge in [0.05, 0.1) is 6.10 Å². The average Bonchev–Trinajstić information content (AvgIpc) is 2.01. The van der Waals surface area contributed by atoms with Crippen LogP contribution >= 0.6 is 0 Å². The van der Waals surface area contributed by atoms with E-state index in [1.54, 1.807) is 0 Å². The number of hydrogen-bond acceptors (Lipinski definition) is 3. The van der Waals surface area contributed by atoms with Crippen molar-refractivity contribution in [3.8, 4) is 0 Å². The normalized spacial score (nSPS) is 12.9. The fourth-order valence-electron chi connectivity index (χ4n) is 0.984. The highest BCUT2D eigenvalue weighted by atomic mass is 16.5. The lowest BCUT2D eigenvalue weighted by Gasteiger charge is -2.09. The first-order chi connectivity index (χ1) is 6.52. The van der Waals surface area contributed by atoms with Crippen LogP contribution in [0, 0.1) is 0 Å². The van der Waals surface area contributed by atoms with E-state index in [9.17, 15) is 4.79 Å². The topological polar surface area (TPSA) is 64.4 Å². The Morgan fingerprint density at radius 2 is 2.07 bits per heavy atom. The van der Waals surface area contributed by atoms with Crippen LogP contribution in [0.3, 0.4) is 0 Å². The number of carbonyl (C=O) groups is 1. The molecule has 0 aromatic heterocycles. The third-order valence-electron chi connectivity index (χ3n) is 1.60. The van der Waals surface area contributed by atoms with Gasteiger partial charge in [0, 0.05) is 25.6 Å². The van der Waals surface area contributed by atoms with Crippen molar-refractivity contribution in [1.82, 2.24) is 5.32 Å². The van der Waals surface area contributed by atoms with Gasteiger partial charge >= 0.3 is 0 Å². The Balaban J connectivity index is 3.23. The molecule has 4 nitrogen and oxygen atoms in total. The summed E-state index contributed by atoms with van der Waals surface area (Å²) in [6, 6.07) is -0.0677. The van der Waals surface area contributed by atoms with E-state index in [0.717, 1.165) is 6.42 Å². The van der Waals surface area contributed by atoms with Crippen LogP contribution in [0.5, 0.6) is 0 Å². The lowest BCUT2D eigenvalue weighted by atomic mass is 10.2. The first kappa shape index (κ1) is 13.4. The molecule has 0 aliphatic carbocycles. The second-order valence-corrected chi connectivity index (χ2v) is 3.80. The van der Waals surface area contributed by atoms with E-state index in [0.29, 0.717) is 19.6 Å². The van der Waals surface area contributed by atoms with Crippen LogP contribution in [0.4, 0.5) is 0 Å². The largest absolute Gasteiger partial charge is 0.379 e. The fraction of sp³-hybridized carbons (Fsp3) is 0.900. The molecule has 0 saturated carbocycles. The smallest absolute Gasteiger partial charge is 0.221 e. The lowest BCUT2D eigenvalue weighted by molar-refractivity contribution is -0.121. The molecular weight excluding hydrogens is 180 g/mol. The zero-order chi connectivity index (χ0) is 11.0. The average molecular weight is 202 g/mol. The van der Waals surface area contributed by atoms with Gasteiger partial charge in [-0.3, -0.25) is 4.79 Å². The summed E-state index contributed by atoms with van der Waals surface area (Å²) in [4.78, 5) is 11.1. The number of nitrogens with one attached hydrogen (secondary N) is 1. The van der Waals surface area contributed by atoms with Gasteiger partial charge in [-0.25, -0.2) is 0 Å². The third kappa shape index (κ3) is 9.48. The molecule has 84 valence electrons. The summed E-state index contributed by atoms with van der Waals surface area (Å²) in [5.74, 6) is 0.0181. The predicted octanol–water partition coefficient (Wildman–Crippen LogP) is 0.655. The summed E-state index contributed by atoms with van der Waals surface area (Å²) >= 11 is 0. The minimum atomic E-state index is -0.0677. The number of nitrogens with two attached hydrogens (primary N) is 1. The molecule has 4 heteroatoms. The molecule has 1 atom stereocenters. The zero-order valence-corrected chi connectivity index (χ0v) is 9.38. The standard InChI is InChI=1S/C10H22N2O2/c1-8(2)14-6-4-5-12-10(13)7-9(3)11/h8-9H,4-7,11H2,1-3H3,(H,12,13). The van der Waals surface area contributed by atoms with Crippen molar-refractivity contribution >= 4 is 5.91 Å². The van der Waals surface area contributed by atoms with Crippen molar-refractivity contribution < 1.29 is 9.53 Å². The van der Waals surface area contributed by atoms with Crippen LogP contribution in [0.2, 0.25) is 0 Å². The highest BCUT2D eigenvalue weighted by Gasteiger charge is 2.03. The minimum Gasteiger partial charge on any atom is -0.379 e. The molecule has 0 aliphatic heterocycles. The van der Waals surface area contributed by atoms with Crippen molar-refractivity contribution in [1.29, 1.82) is 0 Å². The van der Waals surface area contributed by atoms with E-state index >= 15 is 0 Å². The van der Waals surface area contributed by atoms with E-state index in [4.69, 9.17) is 10.5 Å². The molecular formula is C10H22N2O2. The minimum absolute atomic E-state index is 0.0181. The molecule has 0 spiro atoms. The monoisotopic (exact) mass is 202 g/mol. The quantitative estimate of drug-likeness (QED) is 0.596. The Hall–Kier alpha value is -0.610. The lowest BCUT2D eigenvalue weighted by Crippen LogP contribution is -2.31. The van der Waals surface area contributed by atoms with Crippen LogP contribution in [-0.4, -0.2) is 31.2 Å². The van der Waals surface area contributed by atoms with Crippen molar-refractivity contribution in [2.24, 2.45) is 5.73 Å². The van der Waals surface area contributed by atoms with Gasteiger partial charge in [0.25, 0.3) is 0 Å². The van der Waals surface area contributed by atoms with E-state index in [1.165, 1.54) is 0 Å². The summed E-state index contributed by atoms with van der Waals surface area (Å²) in [6.07, 6.45) is 1.50. The van der Waals surface area contributed by atoms with E-state index in [-0.39, 0.29) is 18.1 Å². The maximum Gasteiger partial charge on any atom is 0.221 e. The number of rotatable bonds is 7. The molecule has 0 rings (SSSR count). The highest BCUT2D eigenvalue weighted by Crippen LogP contribution is 1.90. The Bertz CT molecular complexity index is 158. The maximum absolute atomic E-state index is 11.1. The Labute approximate surface area is 86.2 Å². The summed E-state index contributed by atoms with van der Waals surface area (Å²) in [6.45, 7) is 7.17. The van der Waals surface area contributed by atoms with Crippen molar-refractivity contribution in [2.45, 2.75) is 45.8 Å². The molecule has 0 fully saturated rings. The molecule has 1 amide bonds. The number of ether oxygens (including phenoxy) is 1. The van der Waals surface area contributed by atoms with Gasteiger partial charge in [0.15, 0.2) is 0 Å². The van der Waals surface area contributed by atoms with Crippen molar-refractivity contribution in [3.05, 3.63) is 0 Å². The van der Waals surface area contributed by atoms with Gasteiger partial charge in [0.1, 0.15) is 0 Å². The first-order valence-corrected chi connectivity index (χ1v) is 5.16. The molecule has 0 bridgehead atoms. The SMILES string of the molecule is CC(N)CC(=O)NCCCOC(C)C. The molecule has 0 aliphatic rings. The summed E-state index contributed by atoms with van der Waals surface area (Å²) in [7, 11) is 0. The molecule has 0 aromatic rings. The third-order valence-corrected chi connectivity index (χ3v) is 1.60. The van der Waals surface area contributed by atoms with Gasteiger partial charge < -0.3 is 15.8 Å². The van der Waals surface area contributed by atoms with Crippen LogP contribution < -0.4 is 11.1 Å². The van der Waals surface area contributed by atoms with E-state index in [2.05, 4.69) is 5.32 Å². The number of amides is 1. The molecule has 0 aromatic carbocycles. The van der Waals surface area contributed by atoms with E-state index in [1.807, 2.05) is 20.8 Å². The first-order valence-electron chi connectivity index (χ1n) is 5.16. The zero-order valence-electron chi connectivity index (χ0n) is 9.38. The molecule has 3 N–H and O–H groups in total. The molecule has 0 radical (unpaired) electrons. The van der Waals surface area contributed by atoms with Crippen LogP contribution in [0.1, 0.15) is 33.6 Å². The van der Waals surface area contributed by atoms with Crippen LogP contribution in [0.25, 0.3) is 0 Å². The Morgan fingerprint density at radius 1 is 1.43 bits per heavy atom. The Kier molecular flexibility index (Phi) is 7.42. The van der Waals surface area contributed by atoms with Gasteiger partial charge in [-0.05, 0) is 27.2 Å². The summed E-state index contributed by atoms with van der Waals surface area (Å²) < 4.78 is 5.33. The summed E-state index contributed by atoms with van der Waals surface area (Å²) in [5.41, 5.74) is 5.48.